The highest BCUT2D eigenvalue weighted by Crippen LogP contribution is 2.17. The van der Waals surface area contributed by atoms with Crippen molar-refractivity contribution in [1.29, 1.82) is 0 Å². The molecule has 0 heterocycles. The van der Waals surface area contributed by atoms with Gasteiger partial charge in [0.2, 0.25) is 5.91 Å². The van der Waals surface area contributed by atoms with Gasteiger partial charge in [0.05, 0.1) is 25.4 Å². The summed E-state index contributed by atoms with van der Waals surface area (Å²) < 4.78 is 5.47. The number of carbonyl (C=O) groups is 2. The number of hydrogen-bond donors (Lipinski definition) is 3. The molecule has 0 radical (unpaired) electrons. The van der Waals surface area contributed by atoms with E-state index in [9.17, 15) is 19.8 Å². The monoisotopic (exact) mass is 848 g/mol. The average molecular weight is 848 g/mol. The van der Waals surface area contributed by atoms with Crippen LogP contribution >= 0.6 is 0 Å². The van der Waals surface area contributed by atoms with Crippen molar-refractivity contribution < 1.29 is 24.5 Å². The van der Waals surface area contributed by atoms with Gasteiger partial charge in [0.15, 0.2) is 0 Å². The minimum absolute atomic E-state index is 0.00452. The molecule has 0 aromatic rings. The topological polar surface area (TPSA) is 95.9 Å². The molecule has 1 amide bonds. The fourth-order valence-corrected chi connectivity index (χ4v) is 8.40. The van der Waals surface area contributed by atoms with E-state index in [0.717, 1.165) is 44.9 Å². The van der Waals surface area contributed by atoms with E-state index in [-0.39, 0.29) is 18.5 Å². The third-order valence-corrected chi connectivity index (χ3v) is 12.6. The van der Waals surface area contributed by atoms with Gasteiger partial charge >= 0.3 is 5.97 Å². The summed E-state index contributed by atoms with van der Waals surface area (Å²) in [7, 11) is 0. The van der Waals surface area contributed by atoms with Gasteiger partial charge < -0.3 is 20.3 Å². The van der Waals surface area contributed by atoms with Crippen LogP contribution in [0.2, 0.25) is 0 Å². The van der Waals surface area contributed by atoms with Crippen molar-refractivity contribution in [1.82, 2.24) is 5.32 Å². The average Bonchev–Trinajstić information content (AvgIpc) is 3.25. The number of rotatable bonds is 50. The Hall–Kier alpha value is -1.40. The van der Waals surface area contributed by atoms with Crippen molar-refractivity contribution in [2.24, 2.45) is 0 Å². The molecule has 2 atom stereocenters. The fraction of sp³-hybridized carbons (Fsp3) is 0.926. The van der Waals surface area contributed by atoms with Crippen molar-refractivity contribution in [2.75, 3.05) is 13.2 Å². The maximum absolute atomic E-state index is 12.4. The van der Waals surface area contributed by atoms with Gasteiger partial charge in [-0.1, -0.05) is 244 Å². The molecule has 6 heteroatoms. The standard InChI is InChI=1S/C54H105NO5/c1-3-5-7-9-11-13-15-17-20-24-28-32-36-40-44-48-54(59)60-49-45-41-37-33-29-25-22-19-18-21-23-27-31-35-39-43-47-53(58)55-51(50-56)52(57)46-42-38-34-30-26-16-14-12-10-8-6-4-2/h17,20,51-52,56-57H,3-16,18-19,21-50H2,1-2H3,(H,55,58)/b20-17-. The van der Waals surface area contributed by atoms with Crippen molar-refractivity contribution in [2.45, 2.75) is 309 Å². The normalized spacial score (nSPS) is 12.7. The lowest BCUT2D eigenvalue weighted by atomic mass is 10.0. The molecule has 0 rings (SSSR count). The lowest BCUT2D eigenvalue weighted by Crippen LogP contribution is -2.45. The van der Waals surface area contributed by atoms with Crippen LogP contribution in [0.3, 0.4) is 0 Å². The number of nitrogens with one attached hydrogen (secondary N) is 1. The van der Waals surface area contributed by atoms with Gasteiger partial charge in [-0.2, -0.15) is 0 Å². The van der Waals surface area contributed by atoms with Gasteiger partial charge in [0, 0.05) is 12.8 Å². The fourth-order valence-electron chi connectivity index (χ4n) is 8.40. The van der Waals surface area contributed by atoms with Crippen LogP contribution in [0.1, 0.15) is 296 Å². The Morgan fingerprint density at radius 3 is 1.18 bits per heavy atom. The Bertz CT molecular complexity index is 893. The van der Waals surface area contributed by atoms with Crippen LogP contribution < -0.4 is 5.32 Å². The van der Waals surface area contributed by atoms with Crippen LogP contribution in [0.25, 0.3) is 0 Å². The molecule has 0 aliphatic rings. The number of esters is 1. The van der Waals surface area contributed by atoms with Crippen molar-refractivity contribution in [3.8, 4) is 0 Å². The molecule has 0 saturated carbocycles. The maximum atomic E-state index is 12.4. The minimum Gasteiger partial charge on any atom is -0.466 e. The lowest BCUT2D eigenvalue weighted by molar-refractivity contribution is -0.143. The van der Waals surface area contributed by atoms with E-state index in [4.69, 9.17) is 4.74 Å². The first-order valence-electron chi connectivity index (χ1n) is 26.9. The number of aliphatic hydroxyl groups excluding tert-OH is 2. The van der Waals surface area contributed by atoms with Crippen molar-refractivity contribution >= 4 is 11.9 Å². The Morgan fingerprint density at radius 1 is 0.450 bits per heavy atom. The van der Waals surface area contributed by atoms with E-state index in [2.05, 4.69) is 31.3 Å². The summed E-state index contributed by atoms with van der Waals surface area (Å²) in [4.78, 5) is 24.5. The lowest BCUT2D eigenvalue weighted by Gasteiger charge is -2.22. The van der Waals surface area contributed by atoms with Crippen LogP contribution in [-0.2, 0) is 14.3 Å². The molecule has 2 unspecified atom stereocenters. The van der Waals surface area contributed by atoms with Crippen molar-refractivity contribution in [3.05, 3.63) is 12.2 Å². The first-order chi connectivity index (χ1) is 29.5. The SMILES string of the molecule is CCCCCCCC/C=C\CCCCCCCC(=O)OCCCCCCCCCCCCCCCCCCC(=O)NC(CO)C(O)CCCCCCCCCCCCCC. The predicted octanol–water partition coefficient (Wildman–Crippen LogP) is 16.1. The molecule has 0 aliphatic carbocycles. The van der Waals surface area contributed by atoms with E-state index in [1.54, 1.807) is 0 Å². The predicted molar refractivity (Wildman–Crippen MR) is 260 cm³/mol. The molecular formula is C54H105NO5. The smallest absolute Gasteiger partial charge is 0.305 e. The molecule has 356 valence electrons. The van der Waals surface area contributed by atoms with Gasteiger partial charge in [0.25, 0.3) is 0 Å². The second-order valence-corrected chi connectivity index (χ2v) is 18.6. The Balaban J connectivity index is 3.41. The Labute approximate surface area is 374 Å². The van der Waals surface area contributed by atoms with Gasteiger partial charge in [-0.25, -0.2) is 0 Å². The summed E-state index contributed by atoms with van der Waals surface area (Å²) in [6.07, 6.45) is 57.6. The molecule has 0 aliphatic heterocycles. The number of allylic oxidation sites excluding steroid dienone is 2. The van der Waals surface area contributed by atoms with Crippen LogP contribution in [0.4, 0.5) is 0 Å². The minimum atomic E-state index is -0.667. The molecule has 0 bridgehead atoms. The number of hydrogen-bond acceptors (Lipinski definition) is 5. The maximum Gasteiger partial charge on any atom is 0.305 e. The summed E-state index contributed by atoms with van der Waals surface area (Å²) in [6.45, 7) is 4.93. The van der Waals surface area contributed by atoms with Crippen LogP contribution in [0, 0.1) is 0 Å². The van der Waals surface area contributed by atoms with Gasteiger partial charge in [-0.3, -0.25) is 9.59 Å². The second kappa shape index (κ2) is 50.2. The number of amides is 1. The molecule has 0 fully saturated rings. The van der Waals surface area contributed by atoms with Crippen molar-refractivity contribution in [3.63, 3.8) is 0 Å². The van der Waals surface area contributed by atoms with Crippen LogP contribution in [0.15, 0.2) is 12.2 Å². The number of unbranched alkanes of at least 4 members (excludes halogenated alkanes) is 37. The molecule has 60 heavy (non-hydrogen) atoms. The molecule has 0 aromatic heterocycles. The summed E-state index contributed by atoms with van der Waals surface area (Å²) in [5.41, 5.74) is 0. The quantitative estimate of drug-likeness (QED) is 0.0322. The zero-order valence-corrected chi connectivity index (χ0v) is 40.5. The number of carbonyl (C=O) groups excluding carboxylic acids is 2. The van der Waals surface area contributed by atoms with Crippen LogP contribution in [-0.4, -0.2) is 47.4 Å². The molecule has 0 aromatic carbocycles. The van der Waals surface area contributed by atoms with E-state index >= 15 is 0 Å². The number of ether oxygens (including phenoxy) is 1. The molecule has 0 saturated heterocycles. The summed E-state index contributed by atoms with van der Waals surface area (Å²) in [5.74, 6) is -0.0463. The van der Waals surface area contributed by atoms with E-state index in [1.165, 1.54) is 218 Å². The third kappa shape index (κ3) is 46.1. The summed E-state index contributed by atoms with van der Waals surface area (Å²) >= 11 is 0. The summed E-state index contributed by atoms with van der Waals surface area (Å²) in [6, 6.07) is -0.545. The zero-order valence-electron chi connectivity index (χ0n) is 40.5. The van der Waals surface area contributed by atoms with E-state index < -0.39 is 12.1 Å². The van der Waals surface area contributed by atoms with Gasteiger partial charge in [0.1, 0.15) is 0 Å². The number of aliphatic hydroxyl groups is 2. The first kappa shape index (κ1) is 58.6. The van der Waals surface area contributed by atoms with Gasteiger partial charge in [-0.05, 0) is 51.4 Å². The Kier molecular flexibility index (Phi) is 49.1. The summed E-state index contributed by atoms with van der Waals surface area (Å²) in [5, 5.41) is 23.2. The third-order valence-electron chi connectivity index (χ3n) is 12.6. The highest BCUT2D eigenvalue weighted by Gasteiger charge is 2.20. The molecule has 6 nitrogen and oxygen atoms in total. The van der Waals surface area contributed by atoms with E-state index in [0.29, 0.717) is 25.9 Å². The van der Waals surface area contributed by atoms with E-state index in [1.807, 2.05) is 0 Å². The molecule has 3 N–H and O–H groups in total. The largest absolute Gasteiger partial charge is 0.466 e. The molecule has 0 spiro atoms. The van der Waals surface area contributed by atoms with Crippen LogP contribution in [0.5, 0.6) is 0 Å². The second-order valence-electron chi connectivity index (χ2n) is 18.6. The van der Waals surface area contributed by atoms with Gasteiger partial charge in [-0.15, -0.1) is 0 Å². The molecular weight excluding hydrogens is 743 g/mol. The first-order valence-corrected chi connectivity index (χ1v) is 26.9. The highest BCUT2D eigenvalue weighted by atomic mass is 16.5. The Morgan fingerprint density at radius 2 is 0.783 bits per heavy atom. The highest BCUT2D eigenvalue weighted by molar-refractivity contribution is 5.76. The zero-order chi connectivity index (χ0) is 43.7.